The van der Waals surface area contributed by atoms with E-state index in [2.05, 4.69) is 4.98 Å². The van der Waals surface area contributed by atoms with Gasteiger partial charge < -0.3 is 10.6 Å². The molecular weight excluding hydrogens is 277 g/mol. The number of nitrogens with zero attached hydrogens (tertiary/aromatic N) is 3. The van der Waals surface area contributed by atoms with E-state index in [0.29, 0.717) is 0 Å². The smallest absolute Gasteiger partial charge is 0.384 e. The molecule has 0 amide bonds. The van der Waals surface area contributed by atoms with Gasteiger partial charge >= 0.3 is 11.9 Å². The average Bonchev–Trinajstić information content (AvgIpc) is 2.37. The molecule has 2 rings (SSSR count). The van der Waals surface area contributed by atoms with Gasteiger partial charge in [-0.05, 0) is 18.9 Å². The number of aromatic nitrogens is 1. The Morgan fingerprint density at radius 2 is 1.95 bits per heavy atom. The minimum absolute atomic E-state index is 0.0376. The number of anilines is 2. The van der Waals surface area contributed by atoms with Crippen molar-refractivity contribution in [3.8, 4) is 0 Å². The fourth-order valence-electron chi connectivity index (χ4n) is 2.25. The highest BCUT2D eigenvalue weighted by Gasteiger charge is 2.41. The summed E-state index contributed by atoms with van der Waals surface area (Å²) in [4.78, 5) is 15.7. The molecule has 1 aliphatic heterocycles. The van der Waals surface area contributed by atoms with Gasteiger partial charge in [0, 0.05) is 19.2 Å². The maximum absolute atomic E-state index is 12.6. The van der Waals surface area contributed by atoms with Crippen LogP contribution in [0.5, 0.6) is 0 Å². The highest BCUT2D eigenvalue weighted by atomic mass is 19.4. The molecule has 1 aromatic heterocycles. The predicted octanol–water partition coefficient (Wildman–Crippen LogP) is 2.35. The molecule has 0 radical (unpaired) electrons. The minimum atomic E-state index is -4.22. The van der Waals surface area contributed by atoms with E-state index >= 15 is 0 Å². The Morgan fingerprint density at radius 1 is 1.35 bits per heavy atom. The highest BCUT2D eigenvalue weighted by Crippen LogP contribution is 2.37. The lowest BCUT2D eigenvalue weighted by Crippen LogP contribution is -2.39. The monoisotopic (exact) mass is 290 g/mol. The van der Waals surface area contributed by atoms with Crippen LogP contribution in [-0.4, -0.2) is 29.2 Å². The first kappa shape index (κ1) is 14.4. The van der Waals surface area contributed by atoms with Crippen molar-refractivity contribution in [1.29, 1.82) is 0 Å². The number of hydrogen-bond acceptors (Lipinski definition) is 5. The summed E-state index contributed by atoms with van der Waals surface area (Å²) >= 11 is 0. The Kier molecular flexibility index (Phi) is 3.69. The third-order valence-corrected chi connectivity index (χ3v) is 3.33. The van der Waals surface area contributed by atoms with Crippen LogP contribution < -0.4 is 10.6 Å². The Morgan fingerprint density at radius 3 is 2.45 bits per heavy atom. The number of pyridine rings is 1. The Balaban J connectivity index is 2.18. The van der Waals surface area contributed by atoms with Gasteiger partial charge in [0.2, 0.25) is 5.82 Å². The number of rotatable bonds is 2. The van der Waals surface area contributed by atoms with Crippen molar-refractivity contribution in [2.75, 3.05) is 23.7 Å². The predicted molar refractivity (Wildman–Crippen MR) is 66.3 cm³/mol. The summed E-state index contributed by atoms with van der Waals surface area (Å²) in [5, 5.41) is 10.9. The normalized spacial score (nSPS) is 17.2. The van der Waals surface area contributed by atoms with Crippen molar-refractivity contribution in [1.82, 2.24) is 4.98 Å². The van der Waals surface area contributed by atoms with Crippen molar-refractivity contribution in [2.45, 2.75) is 19.0 Å². The van der Waals surface area contributed by atoms with Crippen LogP contribution in [0.15, 0.2) is 12.1 Å². The van der Waals surface area contributed by atoms with Gasteiger partial charge in [-0.2, -0.15) is 13.2 Å². The van der Waals surface area contributed by atoms with Gasteiger partial charge in [-0.25, -0.2) is 4.98 Å². The van der Waals surface area contributed by atoms with Gasteiger partial charge in [0.1, 0.15) is 5.82 Å². The summed E-state index contributed by atoms with van der Waals surface area (Å²) in [6, 6.07) is 2.51. The second-order valence-electron chi connectivity index (χ2n) is 4.64. The molecule has 6 nitrogen and oxygen atoms in total. The van der Waals surface area contributed by atoms with Gasteiger partial charge in [0.05, 0.1) is 10.8 Å². The van der Waals surface area contributed by atoms with Crippen molar-refractivity contribution in [3.05, 3.63) is 22.2 Å². The zero-order valence-corrected chi connectivity index (χ0v) is 10.4. The number of alkyl halides is 3. The Labute approximate surface area is 112 Å². The van der Waals surface area contributed by atoms with Crippen LogP contribution in [0.1, 0.15) is 12.8 Å². The maximum atomic E-state index is 12.6. The van der Waals surface area contributed by atoms with Crippen molar-refractivity contribution in [3.63, 3.8) is 0 Å². The van der Waals surface area contributed by atoms with Gasteiger partial charge in [-0.1, -0.05) is 0 Å². The SMILES string of the molecule is Nc1ccc([N+](=O)[O-])c(N2CCC(C(F)(F)F)CC2)n1. The quantitative estimate of drug-likeness (QED) is 0.667. The molecule has 0 atom stereocenters. The van der Waals surface area contributed by atoms with E-state index in [0.717, 1.165) is 0 Å². The largest absolute Gasteiger partial charge is 0.391 e. The zero-order chi connectivity index (χ0) is 14.9. The van der Waals surface area contributed by atoms with E-state index in [1.807, 2.05) is 0 Å². The van der Waals surface area contributed by atoms with E-state index in [1.54, 1.807) is 0 Å². The summed E-state index contributed by atoms with van der Waals surface area (Å²) in [6.45, 7) is 0.142. The summed E-state index contributed by atoms with van der Waals surface area (Å²) in [5.41, 5.74) is 5.24. The summed E-state index contributed by atoms with van der Waals surface area (Å²) < 4.78 is 37.7. The fraction of sp³-hybridized carbons (Fsp3) is 0.545. The molecule has 1 aliphatic rings. The third-order valence-electron chi connectivity index (χ3n) is 3.33. The average molecular weight is 290 g/mol. The maximum Gasteiger partial charge on any atom is 0.391 e. The molecule has 9 heteroatoms. The number of halogens is 3. The van der Waals surface area contributed by atoms with Crippen LogP contribution in [-0.2, 0) is 0 Å². The first-order chi connectivity index (χ1) is 9.29. The molecule has 2 heterocycles. The fourth-order valence-corrected chi connectivity index (χ4v) is 2.25. The number of hydrogen-bond donors (Lipinski definition) is 1. The third kappa shape index (κ3) is 2.91. The Hall–Kier alpha value is -2.06. The Bertz CT molecular complexity index is 513. The van der Waals surface area contributed by atoms with E-state index in [1.165, 1.54) is 17.0 Å². The molecule has 1 saturated heterocycles. The molecule has 0 saturated carbocycles. The molecule has 0 unspecified atom stereocenters. The molecule has 0 spiro atoms. The molecule has 0 aliphatic carbocycles. The molecule has 1 fully saturated rings. The second-order valence-corrected chi connectivity index (χ2v) is 4.64. The van der Waals surface area contributed by atoms with Crippen molar-refractivity contribution < 1.29 is 18.1 Å². The molecular formula is C11H13F3N4O2. The van der Waals surface area contributed by atoms with Gasteiger partial charge in [-0.3, -0.25) is 10.1 Å². The van der Waals surface area contributed by atoms with Crippen molar-refractivity contribution >= 4 is 17.3 Å². The summed E-state index contributed by atoms with van der Waals surface area (Å²) in [6.07, 6.45) is -4.42. The molecule has 2 N–H and O–H groups in total. The number of nitro groups is 1. The number of nitrogens with two attached hydrogens (primary N) is 1. The van der Waals surface area contributed by atoms with Crippen LogP contribution in [0.4, 0.5) is 30.5 Å². The minimum Gasteiger partial charge on any atom is -0.384 e. The van der Waals surface area contributed by atoms with Crippen LogP contribution in [0.3, 0.4) is 0 Å². The zero-order valence-electron chi connectivity index (χ0n) is 10.4. The summed E-state index contributed by atoms with van der Waals surface area (Å²) in [5.74, 6) is -1.22. The molecule has 20 heavy (non-hydrogen) atoms. The molecule has 1 aromatic rings. The topological polar surface area (TPSA) is 85.3 Å². The van der Waals surface area contributed by atoms with E-state index in [-0.39, 0.29) is 43.3 Å². The standard InChI is InChI=1S/C11H13F3N4O2/c12-11(13,14)7-3-5-17(6-4-7)10-8(18(19)20)1-2-9(15)16-10/h1-2,7H,3-6H2,(H2,15,16). The van der Waals surface area contributed by atoms with E-state index < -0.39 is 17.0 Å². The molecule has 0 aromatic carbocycles. The van der Waals surface area contributed by atoms with E-state index in [4.69, 9.17) is 5.73 Å². The van der Waals surface area contributed by atoms with Crippen LogP contribution in [0.25, 0.3) is 0 Å². The van der Waals surface area contributed by atoms with Crippen molar-refractivity contribution in [2.24, 2.45) is 5.92 Å². The number of piperidine rings is 1. The van der Waals surface area contributed by atoms with Gasteiger partial charge in [0.25, 0.3) is 0 Å². The molecule has 110 valence electrons. The lowest BCUT2D eigenvalue weighted by molar-refractivity contribution is -0.384. The number of nitrogen functional groups attached to an aromatic ring is 1. The second kappa shape index (κ2) is 5.14. The van der Waals surface area contributed by atoms with Gasteiger partial charge in [-0.15, -0.1) is 0 Å². The molecule has 0 bridgehead atoms. The summed E-state index contributed by atoms with van der Waals surface area (Å²) in [7, 11) is 0. The first-order valence-corrected chi connectivity index (χ1v) is 6.01. The van der Waals surface area contributed by atoms with Crippen LogP contribution >= 0.6 is 0 Å². The lowest BCUT2D eigenvalue weighted by atomic mass is 9.96. The van der Waals surface area contributed by atoms with Crippen LogP contribution in [0.2, 0.25) is 0 Å². The highest BCUT2D eigenvalue weighted by molar-refractivity contribution is 5.61. The lowest BCUT2D eigenvalue weighted by Gasteiger charge is -2.33. The first-order valence-electron chi connectivity index (χ1n) is 6.01. The van der Waals surface area contributed by atoms with E-state index in [9.17, 15) is 23.3 Å². The van der Waals surface area contributed by atoms with Gasteiger partial charge in [0.15, 0.2) is 0 Å². The van der Waals surface area contributed by atoms with Crippen LogP contribution in [0, 0.1) is 16.0 Å².